The molecule has 0 spiro atoms. The molecule has 0 amide bonds. The molecule has 1 saturated heterocycles. The Hall–Kier alpha value is -2.82. The molecule has 2 fully saturated rings. The number of rotatable bonds is 9. The third-order valence-corrected chi connectivity index (χ3v) is 7.71. The average molecular weight is 497 g/mol. The Labute approximate surface area is 207 Å². The summed E-state index contributed by atoms with van der Waals surface area (Å²) >= 11 is 0. The van der Waals surface area contributed by atoms with Gasteiger partial charge in [0.2, 0.25) is 22.7 Å². The Balaban J connectivity index is 1.42. The minimum Gasteiger partial charge on any atom is -0.419 e. The van der Waals surface area contributed by atoms with Gasteiger partial charge in [-0.05, 0) is 55.3 Å². The summed E-state index contributed by atoms with van der Waals surface area (Å²) < 4.78 is 30.2. The molecule has 2 aromatic heterocycles. The number of hydrogen-bond acceptors (Lipinski definition) is 8. The second-order valence-electron chi connectivity index (χ2n) is 9.68. The zero-order valence-corrected chi connectivity index (χ0v) is 20.9. The van der Waals surface area contributed by atoms with Crippen LogP contribution in [0.25, 0.3) is 11.5 Å². The van der Waals surface area contributed by atoms with Gasteiger partial charge in [-0.25, -0.2) is 17.7 Å². The molecule has 9 nitrogen and oxygen atoms in total. The van der Waals surface area contributed by atoms with Gasteiger partial charge in [0.25, 0.3) is 0 Å². The van der Waals surface area contributed by atoms with E-state index in [4.69, 9.17) is 4.42 Å². The molecule has 5 rings (SSSR count). The van der Waals surface area contributed by atoms with E-state index in [1.165, 1.54) is 23.3 Å². The molecule has 3 aromatic rings. The number of benzene rings is 1. The smallest absolute Gasteiger partial charge is 0.248 e. The SMILES string of the molecule is C[C@@H]1C[C@H]1CNc1cc(-c2nnc([C@H]3NCCC[C@H]3c3ccccc3)o2)cc(CN(C)[SH](=O)=O)n1. The highest BCUT2D eigenvalue weighted by molar-refractivity contribution is 7.69. The summed E-state index contributed by atoms with van der Waals surface area (Å²) in [5, 5.41) is 15.7. The van der Waals surface area contributed by atoms with E-state index >= 15 is 0 Å². The highest BCUT2D eigenvalue weighted by Gasteiger charge is 2.33. The van der Waals surface area contributed by atoms with Crippen molar-refractivity contribution in [1.29, 1.82) is 0 Å². The van der Waals surface area contributed by atoms with E-state index in [0.717, 1.165) is 37.4 Å². The molecule has 0 unspecified atom stereocenters. The monoisotopic (exact) mass is 496 g/mol. The second kappa shape index (κ2) is 10.4. The fourth-order valence-electron chi connectivity index (χ4n) is 4.78. The summed E-state index contributed by atoms with van der Waals surface area (Å²) in [6, 6.07) is 14.1. The topological polar surface area (TPSA) is 113 Å². The van der Waals surface area contributed by atoms with Gasteiger partial charge in [0, 0.05) is 25.1 Å². The number of nitrogens with zero attached hydrogens (tertiary/aromatic N) is 4. The average Bonchev–Trinajstić information content (AvgIpc) is 3.36. The molecule has 186 valence electrons. The summed E-state index contributed by atoms with van der Waals surface area (Å²) in [6.45, 7) is 4.15. The molecule has 0 bridgehead atoms. The van der Waals surface area contributed by atoms with Crippen LogP contribution in [0.3, 0.4) is 0 Å². The van der Waals surface area contributed by atoms with Gasteiger partial charge in [0.05, 0.1) is 18.3 Å². The van der Waals surface area contributed by atoms with Gasteiger partial charge in [-0.1, -0.05) is 37.3 Å². The van der Waals surface area contributed by atoms with Crippen molar-refractivity contribution in [1.82, 2.24) is 24.8 Å². The van der Waals surface area contributed by atoms with Gasteiger partial charge >= 0.3 is 0 Å². The van der Waals surface area contributed by atoms with E-state index in [-0.39, 0.29) is 18.5 Å². The fraction of sp³-hybridized carbons (Fsp3) is 0.480. The van der Waals surface area contributed by atoms with Gasteiger partial charge in [0.15, 0.2) is 0 Å². The molecule has 1 aromatic carbocycles. The third-order valence-electron chi connectivity index (χ3n) is 7.01. The van der Waals surface area contributed by atoms with Crippen molar-refractivity contribution < 1.29 is 12.8 Å². The lowest BCUT2D eigenvalue weighted by molar-refractivity contribution is 0.303. The van der Waals surface area contributed by atoms with Crippen LogP contribution in [0.5, 0.6) is 0 Å². The lowest BCUT2D eigenvalue weighted by atomic mass is 9.85. The Bertz CT molecular complexity index is 1220. The summed E-state index contributed by atoms with van der Waals surface area (Å²) in [4.78, 5) is 4.63. The van der Waals surface area contributed by atoms with Gasteiger partial charge in [-0.15, -0.1) is 10.2 Å². The van der Waals surface area contributed by atoms with Crippen LogP contribution in [0.1, 0.15) is 55.3 Å². The number of thiol groups is 1. The van der Waals surface area contributed by atoms with Crippen LogP contribution in [-0.4, -0.2) is 48.0 Å². The van der Waals surface area contributed by atoms with E-state index in [9.17, 15) is 8.42 Å². The molecule has 4 atom stereocenters. The number of piperidine rings is 1. The van der Waals surface area contributed by atoms with E-state index in [2.05, 4.69) is 57.0 Å². The molecule has 1 aliphatic heterocycles. The summed E-state index contributed by atoms with van der Waals surface area (Å²) in [5.41, 5.74) is 2.60. The molecule has 1 aliphatic carbocycles. The molecule has 2 aliphatic rings. The highest BCUT2D eigenvalue weighted by atomic mass is 32.2. The van der Waals surface area contributed by atoms with Gasteiger partial charge < -0.3 is 15.1 Å². The first kappa shape index (κ1) is 23.9. The summed E-state index contributed by atoms with van der Waals surface area (Å²) in [5.74, 6) is 3.27. The molecular formula is C25H32N6O3S. The predicted molar refractivity (Wildman–Crippen MR) is 134 cm³/mol. The first-order valence-electron chi connectivity index (χ1n) is 12.2. The second-order valence-corrected chi connectivity index (χ2v) is 10.8. The fourth-order valence-corrected chi connectivity index (χ4v) is 5.04. The Morgan fingerprint density at radius 2 is 2.00 bits per heavy atom. The summed E-state index contributed by atoms with van der Waals surface area (Å²) in [7, 11) is -1.16. The first-order valence-corrected chi connectivity index (χ1v) is 13.3. The van der Waals surface area contributed by atoms with Crippen molar-refractivity contribution in [3.05, 3.63) is 59.6 Å². The number of pyridine rings is 1. The van der Waals surface area contributed by atoms with E-state index < -0.39 is 10.9 Å². The predicted octanol–water partition coefficient (Wildman–Crippen LogP) is 3.37. The number of hydrogen-bond donors (Lipinski definition) is 3. The maximum Gasteiger partial charge on any atom is 0.248 e. The molecule has 2 N–H and O–H groups in total. The van der Waals surface area contributed by atoms with Crippen molar-refractivity contribution in [2.45, 2.75) is 44.7 Å². The minimum absolute atomic E-state index is 0.0572. The first-order chi connectivity index (χ1) is 17.0. The zero-order valence-electron chi connectivity index (χ0n) is 20.1. The number of aromatic nitrogens is 3. The third kappa shape index (κ3) is 5.71. The van der Waals surface area contributed by atoms with Crippen LogP contribution >= 0.6 is 0 Å². The van der Waals surface area contributed by atoms with Crippen LogP contribution in [0, 0.1) is 11.8 Å². The van der Waals surface area contributed by atoms with Crippen LogP contribution in [-0.2, 0) is 17.4 Å². The standard InChI is InChI=1S/C25H32N6O3S/c1-16-11-19(16)14-27-22-13-18(12-20(28-22)15-31(2)35(32)33)24-29-30-25(34-24)23-21(9-6-10-26-23)17-7-4-3-5-8-17/h3-5,7-8,12-13,16,19,21,23,26,35H,6,9-11,14-15H2,1-2H3,(H,27,28)/t16-,19+,21+,23+/m1/s1. The lowest BCUT2D eigenvalue weighted by Crippen LogP contribution is -2.33. The van der Waals surface area contributed by atoms with Crippen molar-refractivity contribution in [2.75, 3.05) is 25.5 Å². The largest absolute Gasteiger partial charge is 0.419 e. The Kier molecular flexibility index (Phi) is 7.12. The zero-order chi connectivity index (χ0) is 24.4. The summed E-state index contributed by atoms with van der Waals surface area (Å²) in [6.07, 6.45) is 3.35. The van der Waals surface area contributed by atoms with E-state index in [1.54, 1.807) is 0 Å². The van der Waals surface area contributed by atoms with Crippen molar-refractivity contribution in [2.24, 2.45) is 11.8 Å². The molecule has 35 heavy (non-hydrogen) atoms. The normalized spacial score (nSPS) is 24.1. The Morgan fingerprint density at radius 1 is 1.20 bits per heavy atom. The van der Waals surface area contributed by atoms with Crippen LogP contribution < -0.4 is 10.6 Å². The number of nitrogens with one attached hydrogen (secondary N) is 2. The van der Waals surface area contributed by atoms with Crippen LogP contribution in [0.15, 0.2) is 46.9 Å². The van der Waals surface area contributed by atoms with Gasteiger partial charge in [-0.3, -0.25) is 0 Å². The maximum atomic E-state index is 11.4. The lowest BCUT2D eigenvalue weighted by Gasteiger charge is -2.30. The van der Waals surface area contributed by atoms with Crippen molar-refractivity contribution in [3.8, 4) is 11.5 Å². The van der Waals surface area contributed by atoms with E-state index in [1.807, 2.05) is 18.2 Å². The quantitative estimate of drug-likeness (QED) is 0.387. The Morgan fingerprint density at radius 3 is 2.74 bits per heavy atom. The minimum atomic E-state index is -2.69. The van der Waals surface area contributed by atoms with Gasteiger partial charge in [-0.2, -0.15) is 0 Å². The van der Waals surface area contributed by atoms with Crippen molar-refractivity contribution >= 4 is 16.7 Å². The molecule has 3 heterocycles. The molecule has 10 heteroatoms. The van der Waals surface area contributed by atoms with Gasteiger partial charge in [0.1, 0.15) is 5.82 Å². The van der Waals surface area contributed by atoms with E-state index in [0.29, 0.717) is 29.2 Å². The number of anilines is 1. The van der Waals surface area contributed by atoms with Crippen LogP contribution in [0.4, 0.5) is 5.82 Å². The highest BCUT2D eigenvalue weighted by Crippen LogP contribution is 2.39. The maximum absolute atomic E-state index is 11.4. The molecule has 0 radical (unpaired) electrons. The molecule has 1 saturated carbocycles. The van der Waals surface area contributed by atoms with Crippen molar-refractivity contribution in [3.63, 3.8) is 0 Å². The van der Waals surface area contributed by atoms with Crippen LogP contribution in [0.2, 0.25) is 0 Å². The molecular weight excluding hydrogens is 464 g/mol.